The highest BCUT2D eigenvalue weighted by molar-refractivity contribution is 4.81. The Bertz CT molecular complexity index is 68.1. The van der Waals surface area contributed by atoms with Crippen molar-refractivity contribution in [2.75, 3.05) is 0 Å². The molecule has 0 nitrogen and oxygen atoms in total. The largest absolute Gasteiger partial charge is 0.0622 e. The Morgan fingerprint density at radius 1 is 1.38 bits per heavy atom. The van der Waals surface area contributed by atoms with Gasteiger partial charge in [-0.05, 0) is 30.6 Å². The van der Waals surface area contributed by atoms with E-state index in [1.807, 2.05) is 0 Å². The van der Waals surface area contributed by atoms with Crippen molar-refractivity contribution < 1.29 is 0 Å². The fraction of sp³-hybridized carbons (Fsp3) is 0.875. The molecule has 1 aliphatic carbocycles. The molecule has 8 heavy (non-hydrogen) atoms. The lowest BCUT2D eigenvalue weighted by atomic mass is 9.93. The van der Waals surface area contributed by atoms with E-state index in [-0.39, 0.29) is 0 Å². The highest BCUT2D eigenvalue weighted by atomic mass is 14.3. The second kappa shape index (κ2) is 2.08. The summed E-state index contributed by atoms with van der Waals surface area (Å²) in [6.07, 6.45) is 2.92. The number of hydrogen-bond donors (Lipinski definition) is 0. The Labute approximate surface area is 52.3 Å². The van der Waals surface area contributed by atoms with E-state index in [2.05, 4.69) is 20.8 Å². The summed E-state index contributed by atoms with van der Waals surface area (Å²) in [5.74, 6) is 2.56. The van der Waals surface area contributed by atoms with E-state index in [0.717, 1.165) is 11.8 Å². The van der Waals surface area contributed by atoms with E-state index in [1.165, 1.54) is 12.8 Å². The van der Waals surface area contributed by atoms with E-state index in [1.54, 1.807) is 0 Å². The van der Waals surface area contributed by atoms with Crippen LogP contribution in [0.5, 0.6) is 0 Å². The van der Waals surface area contributed by atoms with Crippen LogP contribution < -0.4 is 0 Å². The normalized spacial score (nSPS) is 24.0. The second-order valence-electron chi connectivity index (χ2n) is 3.17. The van der Waals surface area contributed by atoms with Gasteiger partial charge >= 0.3 is 0 Å². The summed E-state index contributed by atoms with van der Waals surface area (Å²) in [6, 6.07) is 0. The minimum Gasteiger partial charge on any atom is -0.0622 e. The molecule has 0 aromatic rings. The van der Waals surface area contributed by atoms with Gasteiger partial charge in [-0.15, -0.1) is 0 Å². The van der Waals surface area contributed by atoms with Gasteiger partial charge in [0.05, 0.1) is 0 Å². The maximum atomic E-state index is 4.00. The summed E-state index contributed by atoms with van der Waals surface area (Å²) in [6.45, 7) is 8.53. The van der Waals surface area contributed by atoms with E-state index in [0.29, 0.717) is 5.92 Å². The standard InChI is InChI=1S/C8H15/c1-6(2)7(3)8-4-5-8/h6-8H,1,4-5H2,2-3H3. The summed E-state index contributed by atoms with van der Waals surface area (Å²) in [5.41, 5.74) is 0. The summed E-state index contributed by atoms with van der Waals surface area (Å²) in [4.78, 5) is 0. The van der Waals surface area contributed by atoms with E-state index in [4.69, 9.17) is 0 Å². The summed E-state index contributed by atoms with van der Waals surface area (Å²) >= 11 is 0. The SMILES string of the molecule is [CH2]C(C)C(C)C1CC1. The zero-order valence-corrected chi connectivity index (χ0v) is 5.85. The fourth-order valence-electron chi connectivity index (χ4n) is 1.09. The summed E-state index contributed by atoms with van der Waals surface area (Å²) in [5, 5.41) is 0. The smallest absolute Gasteiger partial charge is 0.0386 e. The zero-order chi connectivity index (χ0) is 6.15. The molecule has 1 fully saturated rings. The van der Waals surface area contributed by atoms with Crippen molar-refractivity contribution in [1.29, 1.82) is 0 Å². The molecule has 0 saturated heterocycles. The van der Waals surface area contributed by atoms with Crippen LogP contribution in [0.4, 0.5) is 0 Å². The van der Waals surface area contributed by atoms with Crippen LogP contribution in [-0.2, 0) is 0 Å². The molecule has 1 saturated carbocycles. The second-order valence-corrected chi connectivity index (χ2v) is 3.17. The highest BCUT2D eigenvalue weighted by Crippen LogP contribution is 2.39. The Morgan fingerprint density at radius 3 is 2.00 bits per heavy atom. The lowest BCUT2D eigenvalue weighted by Crippen LogP contribution is -2.05. The molecule has 0 aromatic heterocycles. The van der Waals surface area contributed by atoms with Crippen LogP contribution in [0.2, 0.25) is 0 Å². The van der Waals surface area contributed by atoms with Gasteiger partial charge in [-0.1, -0.05) is 20.8 Å². The highest BCUT2D eigenvalue weighted by Gasteiger charge is 2.29. The van der Waals surface area contributed by atoms with Crippen LogP contribution in [0, 0.1) is 24.7 Å². The summed E-state index contributed by atoms with van der Waals surface area (Å²) in [7, 11) is 0. The molecule has 2 unspecified atom stereocenters. The van der Waals surface area contributed by atoms with Gasteiger partial charge in [0, 0.05) is 0 Å². The predicted octanol–water partition coefficient (Wildman–Crippen LogP) is 2.50. The molecule has 0 N–H and O–H groups in total. The van der Waals surface area contributed by atoms with E-state index < -0.39 is 0 Å². The third-order valence-corrected chi connectivity index (χ3v) is 2.26. The van der Waals surface area contributed by atoms with Crippen LogP contribution in [-0.4, -0.2) is 0 Å². The molecule has 47 valence electrons. The Hall–Kier alpha value is 0. The molecule has 0 heteroatoms. The molecule has 1 rings (SSSR count). The van der Waals surface area contributed by atoms with Crippen LogP contribution >= 0.6 is 0 Å². The molecule has 0 bridgehead atoms. The first-order valence-corrected chi connectivity index (χ1v) is 3.55. The van der Waals surface area contributed by atoms with Gasteiger partial charge in [-0.25, -0.2) is 0 Å². The Kier molecular flexibility index (Phi) is 1.59. The zero-order valence-electron chi connectivity index (χ0n) is 5.85. The van der Waals surface area contributed by atoms with Crippen LogP contribution in [0.3, 0.4) is 0 Å². The molecule has 0 heterocycles. The quantitative estimate of drug-likeness (QED) is 0.513. The van der Waals surface area contributed by atoms with Gasteiger partial charge in [-0.3, -0.25) is 0 Å². The van der Waals surface area contributed by atoms with Crippen molar-refractivity contribution in [3.8, 4) is 0 Å². The Balaban J connectivity index is 2.22. The number of hydrogen-bond acceptors (Lipinski definition) is 0. The topological polar surface area (TPSA) is 0 Å². The average molecular weight is 111 g/mol. The Morgan fingerprint density at radius 2 is 1.88 bits per heavy atom. The van der Waals surface area contributed by atoms with Gasteiger partial charge in [0.1, 0.15) is 0 Å². The average Bonchev–Trinajstić information content (AvgIpc) is 2.43. The third-order valence-electron chi connectivity index (χ3n) is 2.26. The lowest BCUT2D eigenvalue weighted by molar-refractivity contribution is 0.404. The molecular formula is C8H15. The molecule has 1 radical (unpaired) electrons. The van der Waals surface area contributed by atoms with Crippen LogP contribution in [0.1, 0.15) is 26.7 Å². The van der Waals surface area contributed by atoms with Gasteiger partial charge in [0.15, 0.2) is 0 Å². The van der Waals surface area contributed by atoms with Gasteiger partial charge in [0.25, 0.3) is 0 Å². The van der Waals surface area contributed by atoms with Gasteiger partial charge in [0.2, 0.25) is 0 Å². The first kappa shape index (κ1) is 6.12. The van der Waals surface area contributed by atoms with Crippen molar-refractivity contribution in [3.05, 3.63) is 6.92 Å². The third kappa shape index (κ3) is 1.24. The molecule has 1 aliphatic rings. The maximum absolute atomic E-state index is 4.00. The lowest BCUT2D eigenvalue weighted by Gasteiger charge is -2.12. The van der Waals surface area contributed by atoms with E-state index >= 15 is 0 Å². The van der Waals surface area contributed by atoms with Crippen LogP contribution in [0.15, 0.2) is 0 Å². The molecule has 2 atom stereocenters. The van der Waals surface area contributed by atoms with Crippen molar-refractivity contribution in [2.45, 2.75) is 26.7 Å². The predicted molar refractivity (Wildman–Crippen MR) is 36.4 cm³/mol. The van der Waals surface area contributed by atoms with Crippen LogP contribution in [0.25, 0.3) is 0 Å². The monoisotopic (exact) mass is 111 g/mol. The van der Waals surface area contributed by atoms with Crippen molar-refractivity contribution in [2.24, 2.45) is 17.8 Å². The van der Waals surface area contributed by atoms with E-state index in [9.17, 15) is 0 Å². The van der Waals surface area contributed by atoms with Crippen molar-refractivity contribution >= 4 is 0 Å². The fourth-order valence-corrected chi connectivity index (χ4v) is 1.09. The first-order chi connectivity index (χ1) is 3.72. The van der Waals surface area contributed by atoms with Crippen molar-refractivity contribution in [3.63, 3.8) is 0 Å². The first-order valence-electron chi connectivity index (χ1n) is 3.55. The number of rotatable bonds is 2. The maximum Gasteiger partial charge on any atom is -0.0386 e. The molecule has 0 aliphatic heterocycles. The minimum absolute atomic E-state index is 0.655. The molecule has 0 aromatic carbocycles. The summed E-state index contributed by atoms with van der Waals surface area (Å²) < 4.78 is 0. The van der Waals surface area contributed by atoms with Gasteiger partial charge < -0.3 is 0 Å². The van der Waals surface area contributed by atoms with Crippen molar-refractivity contribution in [1.82, 2.24) is 0 Å². The molecular weight excluding hydrogens is 96.1 g/mol. The van der Waals surface area contributed by atoms with Gasteiger partial charge in [-0.2, -0.15) is 0 Å². The minimum atomic E-state index is 0.655. The molecule has 0 amide bonds. The molecule has 0 spiro atoms.